The van der Waals surface area contributed by atoms with Crippen LogP contribution in [0.3, 0.4) is 0 Å². The fraction of sp³-hybridized carbons (Fsp3) is 0.267. The van der Waals surface area contributed by atoms with Crippen molar-refractivity contribution in [3.05, 3.63) is 43.6 Å². The minimum absolute atomic E-state index is 0.260. The first-order valence-corrected chi connectivity index (χ1v) is 8.61. The molecule has 1 amide bonds. The maximum atomic E-state index is 14.0. The maximum Gasteiger partial charge on any atom is 0.278 e. The van der Waals surface area contributed by atoms with Gasteiger partial charge >= 0.3 is 0 Å². The Morgan fingerprint density at radius 3 is 2.74 bits per heavy atom. The first-order chi connectivity index (χ1) is 10.8. The van der Waals surface area contributed by atoms with Gasteiger partial charge < -0.3 is 10.4 Å². The van der Waals surface area contributed by atoms with Gasteiger partial charge in [-0.2, -0.15) is 0 Å². The summed E-state index contributed by atoms with van der Waals surface area (Å²) in [6, 6.07) is 4.76. The SMILES string of the molecule is CONC(=O)c1c(Nc2ccc(I)cc2F)sc(C(C)O)c1C. The average Bonchev–Trinajstić information content (AvgIpc) is 2.79. The first-order valence-electron chi connectivity index (χ1n) is 6.71. The van der Waals surface area contributed by atoms with E-state index in [0.717, 1.165) is 3.57 Å². The second-order valence-corrected chi connectivity index (χ2v) is 7.15. The lowest BCUT2D eigenvalue weighted by molar-refractivity contribution is 0.0538. The van der Waals surface area contributed by atoms with Gasteiger partial charge in [-0.1, -0.05) is 0 Å². The van der Waals surface area contributed by atoms with Crippen molar-refractivity contribution in [2.45, 2.75) is 20.0 Å². The lowest BCUT2D eigenvalue weighted by Crippen LogP contribution is -2.23. The highest BCUT2D eigenvalue weighted by atomic mass is 127. The van der Waals surface area contributed by atoms with Gasteiger partial charge in [0.2, 0.25) is 0 Å². The van der Waals surface area contributed by atoms with Crippen LogP contribution in [0.15, 0.2) is 18.2 Å². The summed E-state index contributed by atoms with van der Waals surface area (Å²) in [6.07, 6.45) is -0.730. The Kier molecular flexibility index (Phi) is 5.95. The topological polar surface area (TPSA) is 70.6 Å². The molecule has 0 saturated heterocycles. The Labute approximate surface area is 151 Å². The molecule has 5 nitrogen and oxygen atoms in total. The number of amides is 1. The average molecular weight is 450 g/mol. The summed E-state index contributed by atoms with van der Waals surface area (Å²) < 4.78 is 14.8. The molecule has 23 heavy (non-hydrogen) atoms. The Morgan fingerprint density at radius 2 is 2.17 bits per heavy atom. The van der Waals surface area contributed by atoms with Crippen LogP contribution in [0.1, 0.15) is 33.8 Å². The van der Waals surface area contributed by atoms with Crippen LogP contribution >= 0.6 is 33.9 Å². The lowest BCUT2D eigenvalue weighted by atomic mass is 10.1. The zero-order valence-electron chi connectivity index (χ0n) is 12.7. The van der Waals surface area contributed by atoms with Gasteiger partial charge in [0.15, 0.2) is 0 Å². The monoisotopic (exact) mass is 450 g/mol. The summed E-state index contributed by atoms with van der Waals surface area (Å²) in [5.41, 5.74) is 3.47. The predicted molar refractivity (Wildman–Crippen MR) is 96.6 cm³/mol. The zero-order chi connectivity index (χ0) is 17.1. The van der Waals surface area contributed by atoms with E-state index in [0.29, 0.717) is 21.0 Å². The van der Waals surface area contributed by atoms with Crippen molar-refractivity contribution < 1.29 is 19.1 Å². The molecular weight excluding hydrogens is 434 g/mol. The summed E-state index contributed by atoms with van der Waals surface area (Å²) in [5.74, 6) is -0.874. The third-order valence-corrected chi connectivity index (χ3v) is 5.21. The third-order valence-electron chi connectivity index (χ3n) is 3.16. The standard InChI is InChI=1S/C15H16FIN2O3S/c1-7-12(14(21)19-22-3)15(23-13(7)8(2)20)18-11-5-4-9(17)6-10(11)16/h4-6,8,18,20H,1-3H3,(H,19,21). The van der Waals surface area contributed by atoms with Crippen LogP contribution in [0.4, 0.5) is 15.1 Å². The molecule has 2 rings (SSSR count). The van der Waals surface area contributed by atoms with E-state index in [2.05, 4.69) is 15.6 Å². The van der Waals surface area contributed by atoms with Gasteiger partial charge in [0.1, 0.15) is 10.8 Å². The van der Waals surface area contributed by atoms with Gasteiger partial charge in [0.25, 0.3) is 5.91 Å². The molecule has 0 spiro atoms. The van der Waals surface area contributed by atoms with Crippen molar-refractivity contribution in [1.82, 2.24) is 5.48 Å². The van der Waals surface area contributed by atoms with Crippen LogP contribution in [0.5, 0.6) is 0 Å². The van der Waals surface area contributed by atoms with Crippen LogP contribution in [0.2, 0.25) is 0 Å². The van der Waals surface area contributed by atoms with E-state index >= 15 is 0 Å². The van der Waals surface area contributed by atoms with E-state index in [1.807, 2.05) is 22.6 Å². The lowest BCUT2D eigenvalue weighted by Gasteiger charge is -2.09. The number of carbonyl (C=O) groups excluding carboxylic acids is 1. The van der Waals surface area contributed by atoms with Crippen LogP contribution in [-0.4, -0.2) is 18.1 Å². The minimum atomic E-state index is -0.730. The Bertz CT molecular complexity index is 734. The second kappa shape index (κ2) is 7.56. The molecule has 0 aliphatic carbocycles. The van der Waals surface area contributed by atoms with Crippen LogP contribution in [0, 0.1) is 16.3 Å². The molecule has 0 aliphatic rings. The fourth-order valence-corrected chi connectivity index (χ4v) is 3.76. The van der Waals surface area contributed by atoms with E-state index in [1.54, 1.807) is 26.0 Å². The summed E-state index contributed by atoms with van der Waals surface area (Å²) >= 11 is 3.23. The molecule has 1 aromatic heterocycles. The fourth-order valence-electron chi connectivity index (χ4n) is 2.15. The third kappa shape index (κ3) is 4.00. The highest BCUT2D eigenvalue weighted by Gasteiger charge is 2.24. The van der Waals surface area contributed by atoms with Crippen LogP contribution in [-0.2, 0) is 4.84 Å². The minimum Gasteiger partial charge on any atom is -0.388 e. The van der Waals surface area contributed by atoms with Crippen molar-refractivity contribution in [1.29, 1.82) is 0 Å². The van der Waals surface area contributed by atoms with Gasteiger partial charge in [-0.3, -0.25) is 9.63 Å². The number of thiophene rings is 1. The number of anilines is 2. The normalized spacial score (nSPS) is 12.1. The van der Waals surface area contributed by atoms with E-state index < -0.39 is 17.8 Å². The summed E-state index contributed by atoms with van der Waals surface area (Å²) in [7, 11) is 1.33. The van der Waals surface area contributed by atoms with E-state index in [-0.39, 0.29) is 5.69 Å². The van der Waals surface area contributed by atoms with Crippen LogP contribution in [0.25, 0.3) is 0 Å². The largest absolute Gasteiger partial charge is 0.388 e. The van der Waals surface area contributed by atoms with E-state index in [9.17, 15) is 14.3 Å². The van der Waals surface area contributed by atoms with E-state index in [1.165, 1.54) is 24.5 Å². The van der Waals surface area contributed by atoms with Gasteiger partial charge in [-0.15, -0.1) is 11.3 Å². The number of rotatable bonds is 5. The number of nitrogens with one attached hydrogen (secondary N) is 2. The molecule has 0 fully saturated rings. The highest BCUT2D eigenvalue weighted by Crippen LogP contribution is 2.38. The molecule has 0 bridgehead atoms. The molecule has 3 N–H and O–H groups in total. The molecule has 1 aromatic carbocycles. The number of aliphatic hydroxyl groups is 1. The van der Waals surface area contributed by atoms with Crippen molar-refractivity contribution in [2.24, 2.45) is 0 Å². The molecule has 0 saturated carbocycles. The first kappa shape index (κ1) is 18.1. The number of aliphatic hydroxyl groups excluding tert-OH is 1. The molecule has 0 aliphatic heterocycles. The van der Waals surface area contributed by atoms with Gasteiger partial charge in [0.05, 0.1) is 24.5 Å². The Balaban J connectivity index is 2.47. The van der Waals surface area contributed by atoms with Crippen LogP contribution < -0.4 is 10.8 Å². The van der Waals surface area contributed by atoms with Crippen molar-refractivity contribution in [3.63, 3.8) is 0 Å². The predicted octanol–water partition coefficient (Wildman–Crippen LogP) is 3.89. The van der Waals surface area contributed by atoms with Gasteiger partial charge in [0, 0.05) is 8.45 Å². The molecular formula is C15H16FIN2O3S. The zero-order valence-corrected chi connectivity index (χ0v) is 15.7. The molecule has 1 atom stereocenters. The smallest absolute Gasteiger partial charge is 0.278 e. The number of carbonyl (C=O) groups is 1. The summed E-state index contributed by atoms with van der Waals surface area (Å²) in [4.78, 5) is 17.5. The second-order valence-electron chi connectivity index (χ2n) is 4.86. The molecule has 2 aromatic rings. The quantitative estimate of drug-likeness (QED) is 0.478. The summed E-state index contributed by atoms with van der Waals surface area (Å²) in [5, 5.41) is 13.2. The molecule has 8 heteroatoms. The Hall–Kier alpha value is -1.23. The van der Waals surface area contributed by atoms with E-state index in [4.69, 9.17) is 0 Å². The molecule has 0 radical (unpaired) electrons. The summed E-state index contributed by atoms with van der Waals surface area (Å²) in [6.45, 7) is 3.35. The van der Waals surface area contributed by atoms with Crippen molar-refractivity contribution >= 4 is 50.5 Å². The molecule has 1 unspecified atom stereocenters. The highest BCUT2D eigenvalue weighted by molar-refractivity contribution is 14.1. The van der Waals surface area contributed by atoms with Crippen molar-refractivity contribution in [3.8, 4) is 0 Å². The number of hydrogen-bond donors (Lipinski definition) is 3. The number of halogens is 2. The number of hydrogen-bond acceptors (Lipinski definition) is 5. The van der Waals surface area contributed by atoms with Gasteiger partial charge in [-0.25, -0.2) is 9.87 Å². The maximum absolute atomic E-state index is 14.0. The Morgan fingerprint density at radius 1 is 1.48 bits per heavy atom. The molecule has 1 heterocycles. The number of hydroxylamine groups is 1. The van der Waals surface area contributed by atoms with Gasteiger partial charge in [-0.05, 0) is 60.2 Å². The van der Waals surface area contributed by atoms with Crippen molar-refractivity contribution in [2.75, 3.05) is 12.4 Å². The number of benzene rings is 1. The molecule has 124 valence electrons.